The summed E-state index contributed by atoms with van der Waals surface area (Å²) < 4.78 is 5.48. The molecule has 0 radical (unpaired) electrons. The largest absolute Gasteiger partial charge is 0.496 e. The summed E-state index contributed by atoms with van der Waals surface area (Å²) in [5, 5.41) is 0.710. The van der Waals surface area contributed by atoms with Crippen molar-refractivity contribution >= 4 is 17.5 Å². The second-order valence-corrected chi connectivity index (χ2v) is 7.53. The van der Waals surface area contributed by atoms with Crippen LogP contribution in [0.3, 0.4) is 0 Å². The van der Waals surface area contributed by atoms with E-state index in [1.807, 2.05) is 47.4 Å². The van der Waals surface area contributed by atoms with Crippen LogP contribution in [0.25, 0.3) is 0 Å². The summed E-state index contributed by atoms with van der Waals surface area (Å²) >= 11 is 6.08. The molecule has 2 aromatic carbocycles. The molecular formula is C22H27ClN2O2. The highest BCUT2D eigenvalue weighted by atomic mass is 35.5. The summed E-state index contributed by atoms with van der Waals surface area (Å²) in [4.78, 5) is 16.9. The monoisotopic (exact) mass is 386 g/mol. The lowest BCUT2D eigenvalue weighted by Gasteiger charge is -2.28. The first-order valence-corrected chi connectivity index (χ1v) is 9.83. The number of methoxy groups -OCH3 is 1. The topological polar surface area (TPSA) is 32.8 Å². The predicted molar refractivity (Wildman–Crippen MR) is 109 cm³/mol. The highest BCUT2D eigenvalue weighted by Crippen LogP contribution is 2.22. The Hall–Kier alpha value is -2.04. The maximum Gasteiger partial charge on any atom is 0.224 e. The van der Waals surface area contributed by atoms with E-state index in [1.54, 1.807) is 7.11 Å². The summed E-state index contributed by atoms with van der Waals surface area (Å²) in [6.45, 7) is 5.25. The van der Waals surface area contributed by atoms with Gasteiger partial charge in [-0.1, -0.05) is 41.9 Å². The molecule has 0 N–H and O–H groups in total. The quantitative estimate of drug-likeness (QED) is 0.751. The molecule has 1 heterocycles. The third-order valence-corrected chi connectivity index (χ3v) is 5.45. The van der Waals surface area contributed by atoms with Gasteiger partial charge in [-0.05, 0) is 42.7 Å². The number of hydrogen-bond donors (Lipinski definition) is 0. The van der Waals surface area contributed by atoms with E-state index in [4.69, 9.17) is 16.3 Å². The molecule has 1 atom stereocenters. The lowest BCUT2D eigenvalue weighted by molar-refractivity contribution is -0.130. The van der Waals surface area contributed by atoms with E-state index in [0.29, 0.717) is 24.0 Å². The van der Waals surface area contributed by atoms with Gasteiger partial charge in [0.15, 0.2) is 0 Å². The van der Waals surface area contributed by atoms with Gasteiger partial charge in [0.1, 0.15) is 5.75 Å². The van der Waals surface area contributed by atoms with Crippen molar-refractivity contribution < 1.29 is 9.53 Å². The average Bonchev–Trinajstić information content (AvgIpc) is 2.84. The molecule has 5 heteroatoms. The summed E-state index contributed by atoms with van der Waals surface area (Å²) in [5.74, 6) is 1.14. The lowest BCUT2D eigenvalue weighted by atomic mass is 10.0. The van der Waals surface area contributed by atoms with Gasteiger partial charge in [-0.2, -0.15) is 0 Å². The third kappa shape index (κ3) is 5.24. The van der Waals surface area contributed by atoms with Gasteiger partial charge in [-0.25, -0.2) is 0 Å². The molecule has 3 rings (SSSR count). The third-order valence-electron chi connectivity index (χ3n) is 5.22. The molecule has 0 aromatic heterocycles. The minimum Gasteiger partial charge on any atom is -0.496 e. The fraction of sp³-hybridized carbons (Fsp3) is 0.409. The Balaban J connectivity index is 1.62. The molecular weight excluding hydrogens is 360 g/mol. The van der Waals surface area contributed by atoms with Crippen molar-refractivity contribution in [2.24, 2.45) is 0 Å². The fourth-order valence-electron chi connectivity index (χ4n) is 3.67. The number of benzene rings is 2. The number of carbonyl (C=O) groups is 1. The van der Waals surface area contributed by atoms with Crippen LogP contribution in [0.4, 0.5) is 0 Å². The fourth-order valence-corrected chi connectivity index (χ4v) is 3.88. The molecule has 1 fully saturated rings. The standard InChI is InChI=1S/C22H27ClN2O2/c1-17(14-19-7-3-4-9-21(19)27-2)24-11-10-22(26)25(13-12-24)16-18-6-5-8-20(23)15-18/h3-9,15,17H,10-14,16H2,1-2H3. The molecule has 1 unspecified atom stereocenters. The molecule has 0 bridgehead atoms. The Kier molecular flexibility index (Phi) is 6.75. The zero-order valence-electron chi connectivity index (χ0n) is 16.0. The van der Waals surface area contributed by atoms with Crippen molar-refractivity contribution in [3.8, 4) is 5.75 Å². The van der Waals surface area contributed by atoms with Crippen LogP contribution < -0.4 is 4.74 Å². The van der Waals surface area contributed by atoms with Gasteiger partial charge in [0.05, 0.1) is 7.11 Å². The van der Waals surface area contributed by atoms with E-state index in [1.165, 1.54) is 5.56 Å². The molecule has 0 spiro atoms. The zero-order valence-corrected chi connectivity index (χ0v) is 16.8. The number of halogens is 1. The van der Waals surface area contributed by atoms with Crippen LogP contribution in [-0.4, -0.2) is 48.5 Å². The van der Waals surface area contributed by atoms with Crippen molar-refractivity contribution in [2.75, 3.05) is 26.7 Å². The predicted octanol–water partition coefficient (Wildman–Crippen LogP) is 4.01. The van der Waals surface area contributed by atoms with Gasteiger partial charge < -0.3 is 9.64 Å². The molecule has 4 nitrogen and oxygen atoms in total. The van der Waals surface area contributed by atoms with Crippen LogP contribution in [0.5, 0.6) is 5.75 Å². The highest BCUT2D eigenvalue weighted by molar-refractivity contribution is 6.30. The van der Waals surface area contributed by atoms with Gasteiger partial charge in [0.2, 0.25) is 5.91 Å². The van der Waals surface area contributed by atoms with Gasteiger partial charge in [-0.15, -0.1) is 0 Å². The second-order valence-electron chi connectivity index (χ2n) is 7.10. The van der Waals surface area contributed by atoms with Crippen molar-refractivity contribution in [3.05, 3.63) is 64.7 Å². The Morgan fingerprint density at radius 2 is 1.93 bits per heavy atom. The van der Waals surface area contributed by atoms with E-state index in [0.717, 1.165) is 37.4 Å². The normalized spacial score (nSPS) is 16.9. The van der Waals surface area contributed by atoms with Crippen LogP contribution in [0.1, 0.15) is 24.5 Å². The van der Waals surface area contributed by atoms with Crippen LogP contribution in [0.15, 0.2) is 48.5 Å². The van der Waals surface area contributed by atoms with Gasteiger partial charge in [-0.3, -0.25) is 9.69 Å². The van der Waals surface area contributed by atoms with Gasteiger partial charge in [0, 0.05) is 43.7 Å². The highest BCUT2D eigenvalue weighted by Gasteiger charge is 2.24. The van der Waals surface area contributed by atoms with Crippen LogP contribution in [0, 0.1) is 0 Å². The van der Waals surface area contributed by atoms with E-state index in [9.17, 15) is 4.79 Å². The van der Waals surface area contributed by atoms with Crippen molar-refractivity contribution in [1.82, 2.24) is 9.80 Å². The minimum atomic E-state index is 0.210. The number of rotatable bonds is 6. The second kappa shape index (κ2) is 9.25. The Morgan fingerprint density at radius 1 is 1.11 bits per heavy atom. The number of amides is 1. The van der Waals surface area contributed by atoms with Crippen LogP contribution >= 0.6 is 11.6 Å². The molecule has 27 heavy (non-hydrogen) atoms. The molecule has 2 aromatic rings. The summed E-state index contributed by atoms with van der Waals surface area (Å²) in [6, 6.07) is 16.2. The van der Waals surface area contributed by atoms with E-state index in [-0.39, 0.29) is 5.91 Å². The first-order valence-electron chi connectivity index (χ1n) is 9.45. The number of para-hydroxylation sites is 1. The number of carbonyl (C=O) groups excluding carboxylic acids is 1. The van der Waals surface area contributed by atoms with Crippen molar-refractivity contribution in [2.45, 2.75) is 32.4 Å². The SMILES string of the molecule is COc1ccccc1CC(C)N1CCC(=O)N(Cc2cccc(Cl)c2)CC1. The molecule has 1 amide bonds. The molecule has 1 saturated heterocycles. The summed E-state index contributed by atoms with van der Waals surface area (Å²) in [7, 11) is 1.71. The molecule has 1 aliphatic heterocycles. The zero-order chi connectivity index (χ0) is 19.2. The first-order chi connectivity index (χ1) is 13.1. The first kappa shape index (κ1) is 19.7. The molecule has 0 aliphatic carbocycles. The average molecular weight is 387 g/mol. The Labute approximate surface area is 166 Å². The molecule has 144 valence electrons. The minimum absolute atomic E-state index is 0.210. The number of nitrogens with zero attached hydrogens (tertiary/aromatic N) is 2. The van der Waals surface area contributed by atoms with Crippen molar-refractivity contribution in [3.63, 3.8) is 0 Å². The lowest BCUT2D eigenvalue weighted by Crippen LogP contribution is -2.38. The van der Waals surface area contributed by atoms with Gasteiger partial charge in [0.25, 0.3) is 0 Å². The van der Waals surface area contributed by atoms with Crippen LogP contribution in [0.2, 0.25) is 5.02 Å². The van der Waals surface area contributed by atoms with Crippen molar-refractivity contribution in [1.29, 1.82) is 0 Å². The Bertz CT molecular complexity index is 780. The maximum atomic E-state index is 12.6. The number of hydrogen-bond acceptors (Lipinski definition) is 3. The van der Waals surface area contributed by atoms with E-state index in [2.05, 4.69) is 17.9 Å². The molecule has 1 aliphatic rings. The van der Waals surface area contributed by atoms with E-state index >= 15 is 0 Å². The summed E-state index contributed by atoms with van der Waals surface area (Å²) in [5.41, 5.74) is 2.28. The Morgan fingerprint density at radius 3 is 2.70 bits per heavy atom. The van der Waals surface area contributed by atoms with E-state index < -0.39 is 0 Å². The number of ether oxygens (including phenoxy) is 1. The molecule has 0 saturated carbocycles. The maximum absolute atomic E-state index is 12.6. The summed E-state index contributed by atoms with van der Waals surface area (Å²) in [6.07, 6.45) is 1.46. The smallest absolute Gasteiger partial charge is 0.224 e. The van der Waals surface area contributed by atoms with Gasteiger partial charge >= 0.3 is 0 Å². The van der Waals surface area contributed by atoms with Crippen LogP contribution in [-0.2, 0) is 17.8 Å².